The first-order valence-electron chi connectivity index (χ1n) is 2.93. The van der Waals surface area contributed by atoms with Crippen LogP contribution in [0.25, 0.3) is 0 Å². The van der Waals surface area contributed by atoms with Gasteiger partial charge in [0.25, 0.3) is 0 Å². The van der Waals surface area contributed by atoms with E-state index in [4.69, 9.17) is 10.6 Å². The molecule has 1 aromatic rings. The summed E-state index contributed by atoms with van der Waals surface area (Å²) < 4.78 is 4.93. The Hall–Kier alpha value is -1.22. The first kappa shape index (κ1) is 6.89. The fraction of sp³-hybridized carbons (Fsp3) is 0.143. The van der Waals surface area contributed by atoms with Crippen molar-refractivity contribution < 1.29 is 4.74 Å². The molecule has 0 aliphatic rings. The zero-order valence-electron chi connectivity index (χ0n) is 5.72. The second kappa shape index (κ2) is 3.08. The number of methoxy groups -OCH3 is 1. The molecule has 0 heterocycles. The molecule has 3 heteroatoms. The average Bonchev–Trinajstić information content (AvgIpc) is 2.05. The summed E-state index contributed by atoms with van der Waals surface area (Å²) in [4.78, 5) is 0. The molecule has 2 N–H and O–H groups in total. The van der Waals surface area contributed by atoms with E-state index in [-0.39, 0.29) is 0 Å². The van der Waals surface area contributed by atoms with Gasteiger partial charge >= 0.3 is 0 Å². The van der Waals surface area contributed by atoms with Crippen molar-refractivity contribution in [2.24, 2.45) is 0 Å². The summed E-state index contributed by atoms with van der Waals surface area (Å²) in [6.45, 7) is 0. The molecule has 1 rings (SSSR count). The van der Waals surface area contributed by atoms with Crippen LogP contribution in [0.1, 0.15) is 0 Å². The van der Waals surface area contributed by atoms with Gasteiger partial charge in [0.05, 0.1) is 12.8 Å². The zero-order valence-corrected chi connectivity index (χ0v) is 5.72. The molecule has 0 amide bonds. The van der Waals surface area contributed by atoms with E-state index in [2.05, 4.69) is 5.43 Å². The molecule has 1 aromatic carbocycles. The van der Waals surface area contributed by atoms with Crippen molar-refractivity contribution in [1.29, 1.82) is 0 Å². The Morgan fingerprint density at radius 2 is 2.30 bits per heavy atom. The lowest BCUT2D eigenvalue weighted by molar-refractivity contribution is 0.415. The third-order valence-electron chi connectivity index (χ3n) is 1.21. The lowest BCUT2D eigenvalue weighted by Crippen LogP contribution is -1.92. The topological polar surface area (TPSA) is 45.1 Å². The van der Waals surface area contributed by atoms with Gasteiger partial charge in [0, 0.05) is 6.07 Å². The van der Waals surface area contributed by atoms with E-state index in [1.165, 1.54) is 0 Å². The second-order valence-corrected chi connectivity index (χ2v) is 1.86. The van der Waals surface area contributed by atoms with Crippen molar-refractivity contribution >= 4 is 5.69 Å². The molecule has 0 saturated carbocycles. The van der Waals surface area contributed by atoms with Gasteiger partial charge in [-0.2, -0.15) is 5.84 Å². The molecule has 10 heavy (non-hydrogen) atoms. The molecule has 1 radical (unpaired) electrons. The molecule has 0 unspecified atom stereocenters. The van der Waals surface area contributed by atoms with Crippen LogP contribution in [0.2, 0.25) is 0 Å². The van der Waals surface area contributed by atoms with E-state index in [0.29, 0.717) is 0 Å². The lowest BCUT2D eigenvalue weighted by atomic mass is 10.3. The Kier molecular flexibility index (Phi) is 2.12. The second-order valence-electron chi connectivity index (χ2n) is 1.86. The summed E-state index contributed by atoms with van der Waals surface area (Å²) in [6.07, 6.45) is 0. The maximum Gasteiger partial charge on any atom is 0.120 e. The Bertz CT molecular complexity index is 193. The number of rotatable bonds is 2. The van der Waals surface area contributed by atoms with Crippen LogP contribution in [0.5, 0.6) is 5.75 Å². The molecule has 0 aliphatic heterocycles. The van der Waals surface area contributed by atoms with Crippen molar-refractivity contribution in [3.05, 3.63) is 24.3 Å². The highest BCUT2D eigenvalue weighted by Crippen LogP contribution is 2.15. The predicted molar refractivity (Wildman–Crippen MR) is 39.7 cm³/mol. The van der Waals surface area contributed by atoms with E-state index >= 15 is 0 Å². The molecule has 0 saturated heterocycles. The minimum absolute atomic E-state index is 0.736. The van der Waals surface area contributed by atoms with E-state index in [1.54, 1.807) is 19.2 Å². The van der Waals surface area contributed by atoms with Gasteiger partial charge < -0.3 is 10.2 Å². The van der Waals surface area contributed by atoms with Gasteiger partial charge in [-0.15, -0.1) is 0 Å². The zero-order chi connectivity index (χ0) is 7.40. The van der Waals surface area contributed by atoms with Crippen molar-refractivity contribution in [2.75, 3.05) is 12.5 Å². The summed E-state index contributed by atoms with van der Waals surface area (Å²) in [7, 11) is 1.60. The van der Waals surface area contributed by atoms with Crippen LogP contribution < -0.4 is 16.0 Å². The molecular formula is C7H9N2O. The molecular weight excluding hydrogens is 128 g/mol. The summed E-state index contributed by atoms with van der Waals surface area (Å²) in [5.74, 6) is 7.57. The van der Waals surface area contributed by atoms with Crippen molar-refractivity contribution in [2.45, 2.75) is 0 Å². The minimum Gasteiger partial charge on any atom is -0.497 e. The van der Waals surface area contributed by atoms with E-state index < -0.39 is 0 Å². The third-order valence-corrected chi connectivity index (χ3v) is 1.21. The summed E-state index contributed by atoms with van der Waals surface area (Å²) in [6, 6.07) is 7.22. The Labute approximate surface area is 59.8 Å². The number of nitrogens with one attached hydrogen (secondary N) is 2. The highest BCUT2D eigenvalue weighted by Gasteiger charge is 1.90. The molecule has 0 bridgehead atoms. The van der Waals surface area contributed by atoms with Gasteiger partial charge in [0.2, 0.25) is 0 Å². The Morgan fingerprint density at radius 3 is 2.90 bits per heavy atom. The van der Waals surface area contributed by atoms with Gasteiger partial charge in [0.15, 0.2) is 0 Å². The highest BCUT2D eigenvalue weighted by molar-refractivity contribution is 5.46. The average molecular weight is 137 g/mol. The van der Waals surface area contributed by atoms with E-state index in [1.807, 2.05) is 12.1 Å². The van der Waals surface area contributed by atoms with Gasteiger partial charge in [0.1, 0.15) is 5.75 Å². The van der Waals surface area contributed by atoms with Crippen LogP contribution in [0.4, 0.5) is 5.69 Å². The largest absolute Gasteiger partial charge is 0.497 e. The van der Waals surface area contributed by atoms with Gasteiger partial charge in [-0.3, -0.25) is 0 Å². The third kappa shape index (κ3) is 1.39. The number of ether oxygens (including phenoxy) is 1. The van der Waals surface area contributed by atoms with Crippen molar-refractivity contribution in [3.8, 4) is 5.75 Å². The maximum absolute atomic E-state index is 6.81. The number of anilines is 1. The summed E-state index contributed by atoms with van der Waals surface area (Å²) >= 11 is 0. The predicted octanol–water partition coefficient (Wildman–Crippen LogP) is 1.30. The molecule has 3 nitrogen and oxygen atoms in total. The molecule has 0 aromatic heterocycles. The first-order valence-corrected chi connectivity index (χ1v) is 2.93. The van der Waals surface area contributed by atoms with Crippen molar-refractivity contribution in [1.82, 2.24) is 5.84 Å². The fourth-order valence-corrected chi connectivity index (χ4v) is 0.701. The van der Waals surface area contributed by atoms with Gasteiger partial charge in [-0.1, -0.05) is 6.07 Å². The van der Waals surface area contributed by atoms with Gasteiger partial charge in [-0.25, -0.2) is 0 Å². The Morgan fingerprint density at radius 1 is 1.50 bits per heavy atom. The highest BCUT2D eigenvalue weighted by atomic mass is 16.5. The van der Waals surface area contributed by atoms with Crippen LogP contribution in [0.3, 0.4) is 0 Å². The number of hydrogen-bond acceptors (Lipinski definition) is 2. The van der Waals surface area contributed by atoms with Gasteiger partial charge in [-0.05, 0) is 12.1 Å². The number of hydrogen-bond donors (Lipinski definition) is 1. The van der Waals surface area contributed by atoms with Crippen LogP contribution in [0, 0.1) is 0 Å². The molecule has 0 fully saturated rings. The van der Waals surface area contributed by atoms with Crippen LogP contribution in [0.15, 0.2) is 24.3 Å². The van der Waals surface area contributed by atoms with Crippen LogP contribution in [-0.2, 0) is 0 Å². The van der Waals surface area contributed by atoms with Crippen LogP contribution in [-0.4, -0.2) is 7.11 Å². The molecule has 0 aliphatic carbocycles. The minimum atomic E-state index is 0.736. The smallest absolute Gasteiger partial charge is 0.120 e. The normalized spacial score (nSPS) is 9.00. The summed E-state index contributed by atoms with van der Waals surface area (Å²) in [5, 5.41) is 0. The van der Waals surface area contributed by atoms with E-state index in [9.17, 15) is 0 Å². The standard InChI is InChI=1S/C7H9N2O/c1-10-7-4-2-3-6(5-7)9-8/h2-5,8-9H,1H3. The monoisotopic (exact) mass is 137 g/mol. The Balaban J connectivity index is 2.87. The molecule has 53 valence electrons. The SMILES string of the molecule is COc1cccc(N[NH])c1. The van der Waals surface area contributed by atoms with Crippen molar-refractivity contribution in [3.63, 3.8) is 0 Å². The lowest BCUT2D eigenvalue weighted by Gasteiger charge is -2.01. The maximum atomic E-state index is 6.81. The van der Waals surface area contributed by atoms with E-state index in [0.717, 1.165) is 11.4 Å². The number of benzene rings is 1. The summed E-state index contributed by atoms with van der Waals surface area (Å²) in [5.41, 5.74) is 3.01. The fourth-order valence-electron chi connectivity index (χ4n) is 0.701. The quantitative estimate of drug-likeness (QED) is 0.624. The molecule has 0 spiro atoms. The first-order chi connectivity index (χ1) is 4.86. The molecule has 0 atom stereocenters. The van der Waals surface area contributed by atoms with Crippen LogP contribution >= 0.6 is 0 Å².